The Hall–Kier alpha value is -1.63. The molecule has 24 heavy (non-hydrogen) atoms. The average Bonchev–Trinajstić information content (AvgIpc) is 2.63. The molecule has 2 aliphatic heterocycles. The molecule has 6 nitrogen and oxygen atoms in total. The van der Waals surface area contributed by atoms with Gasteiger partial charge in [-0.3, -0.25) is 14.6 Å². The van der Waals surface area contributed by atoms with Gasteiger partial charge in [0.05, 0.1) is 32.9 Å². The van der Waals surface area contributed by atoms with Crippen molar-refractivity contribution in [1.29, 1.82) is 0 Å². The summed E-state index contributed by atoms with van der Waals surface area (Å²) in [6.07, 6.45) is 0. The van der Waals surface area contributed by atoms with Crippen molar-refractivity contribution in [3.8, 4) is 5.75 Å². The molecule has 6 heteroatoms. The molecule has 0 N–H and O–H groups in total. The molecule has 2 aliphatic rings. The van der Waals surface area contributed by atoms with Gasteiger partial charge in [0.25, 0.3) is 0 Å². The van der Waals surface area contributed by atoms with E-state index in [1.165, 1.54) is 5.56 Å². The molecule has 2 saturated heterocycles. The number of rotatable bonds is 4. The van der Waals surface area contributed by atoms with E-state index in [2.05, 4.69) is 29.0 Å². The number of amides is 1. The highest BCUT2D eigenvalue weighted by molar-refractivity contribution is 5.78. The highest BCUT2D eigenvalue weighted by atomic mass is 16.5. The van der Waals surface area contributed by atoms with Gasteiger partial charge < -0.3 is 14.4 Å². The summed E-state index contributed by atoms with van der Waals surface area (Å²) in [4.78, 5) is 19.2. The molecule has 1 amide bonds. The van der Waals surface area contributed by atoms with Crippen LogP contribution in [0.5, 0.6) is 5.75 Å². The molecule has 0 saturated carbocycles. The van der Waals surface area contributed by atoms with Gasteiger partial charge >= 0.3 is 0 Å². The molecular weight excluding hydrogens is 306 g/mol. The first-order chi connectivity index (χ1) is 11.7. The van der Waals surface area contributed by atoms with Crippen molar-refractivity contribution < 1.29 is 14.3 Å². The molecule has 1 aromatic carbocycles. The number of hydrogen-bond donors (Lipinski definition) is 0. The molecule has 0 aromatic heterocycles. The Morgan fingerprint density at radius 2 is 1.88 bits per heavy atom. The van der Waals surface area contributed by atoms with Crippen LogP contribution in [-0.2, 0) is 9.53 Å². The average molecular weight is 333 g/mol. The monoisotopic (exact) mass is 333 g/mol. The summed E-state index contributed by atoms with van der Waals surface area (Å²) in [5.41, 5.74) is 1.22. The zero-order valence-corrected chi connectivity index (χ0v) is 14.6. The van der Waals surface area contributed by atoms with Crippen molar-refractivity contribution >= 4 is 5.91 Å². The van der Waals surface area contributed by atoms with Crippen LogP contribution in [0.2, 0.25) is 0 Å². The summed E-state index contributed by atoms with van der Waals surface area (Å²) in [5.74, 6) is 1.08. The summed E-state index contributed by atoms with van der Waals surface area (Å²) >= 11 is 0. The maximum Gasteiger partial charge on any atom is 0.236 e. The molecule has 3 rings (SSSR count). The molecule has 0 bridgehead atoms. The highest BCUT2D eigenvalue weighted by Gasteiger charge is 2.29. The first-order valence-corrected chi connectivity index (χ1v) is 8.59. The zero-order chi connectivity index (χ0) is 16.9. The Morgan fingerprint density at radius 3 is 2.54 bits per heavy atom. The molecule has 132 valence electrons. The first kappa shape index (κ1) is 17.2. The van der Waals surface area contributed by atoms with Crippen LogP contribution in [0.4, 0.5) is 0 Å². The van der Waals surface area contributed by atoms with Gasteiger partial charge in [-0.05, 0) is 24.7 Å². The van der Waals surface area contributed by atoms with Crippen LogP contribution in [0.25, 0.3) is 0 Å². The summed E-state index contributed by atoms with van der Waals surface area (Å²) in [6.45, 7) is 6.09. The van der Waals surface area contributed by atoms with E-state index in [1.807, 2.05) is 17.0 Å². The van der Waals surface area contributed by atoms with Crippen molar-refractivity contribution in [3.05, 3.63) is 29.8 Å². The first-order valence-electron chi connectivity index (χ1n) is 8.59. The van der Waals surface area contributed by atoms with Gasteiger partial charge in [0.15, 0.2) is 0 Å². The minimum absolute atomic E-state index is 0.225. The van der Waals surface area contributed by atoms with E-state index >= 15 is 0 Å². The van der Waals surface area contributed by atoms with Gasteiger partial charge in [-0.25, -0.2) is 0 Å². The minimum atomic E-state index is 0.225. The second kappa shape index (κ2) is 7.96. The maximum absolute atomic E-state index is 12.7. The third kappa shape index (κ3) is 4.06. The van der Waals surface area contributed by atoms with Gasteiger partial charge in [0.2, 0.25) is 5.91 Å². The van der Waals surface area contributed by atoms with Crippen molar-refractivity contribution in [2.75, 3.05) is 66.6 Å². The van der Waals surface area contributed by atoms with Crippen molar-refractivity contribution in [2.45, 2.75) is 6.04 Å². The number of morpholine rings is 1. The number of carbonyl (C=O) groups is 1. The van der Waals surface area contributed by atoms with Crippen LogP contribution in [0.15, 0.2) is 24.3 Å². The lowest BCUT2D eigenvalue weighted by Crippen LogP contribution is -2.52. The molecule has 0 spiro atoms. The van der Waals surface area contributed by atoms with Gasteiger partial charge in [-0.15, -0.1) is 0 Å². The predicted molar refractivity (Wildman–Crippen MR) is 92.2 cm³/mol. The van der Waals surface area contributed by atoms with E-state index < -0.39 is 0 Å². The lowest BCUT2D eigenvalue weighted by molar-refractivity contribution is -0.136. The Bertz CT molecular complexity index is 543. The van der Waals surface area contributed by atoms with Crippen molar-refractivity contribution in [2.24, 2.45) is 0 Å². The standard InChI is InChI=1S/C18H27N3O3/c1-19-7-8-21(18(22)14-20-9-11-24-12-10-20)13-17(19)15-3-5-16(23-2)6-4-15/h3-6,17H,7-14H2,1-2H3/t17-/m0/s1. The second-order valence-corrected chi connectivity index (χ2v) is 6.50. The van der Waals surface area contributed by atoms with Gasteiger partial charge in [0.1, 0.15) is 5.75 Å². The number of benzene rings is 1. The number of ether oxygens (including phenoxy) is 2. The van der Waals surface area contributed by atoms with Crippen LogP contribution in [-0.4, -0.2) is 87.2 Å². The largest absolute Gasteiger partial charge is 0.497 e. The van der Waals surface area contributed by atoms with E-state index in [9.17, 15) is 4.79 Å². The lowest BCUT2D eigenvalue weighted by atomic mass is 10.0. The number of methoxy groups -OCH3 is 1. The maximum atomic E-state index is 12.7. The second-order valence-electron chi connectivity index (χ2n) is 6.50. The fraction of sp³-hybridized carbons (Fsp3) is 0.611. The fourth-order valence-corrected chi connectivity index (χ4v) is 3.34. The van der Waals surface area contributed by atoms with Crippen LogP contribution in [0.1, 0.15) is 11.6 Å². The van der Waals surface area contributed by atoms with Crippen LogP contribution < -0.4 is 4.74 Å². The number of hydrogen-bond acceptors (Lipinski definition) is 5. The van der Waals surface area contributed by atoms with Crippen LogP contribution in [0.3, 0.4) is 0 Å². The van der Waals surface area contributed by atoms with Gasteiger partial charge in [-0.2, -0.15) is 0 Å². The summed E-state index contributed by atoms with van der Waals surface area (Å²) in [7, 11) is 3.80. The summed E-state index contributed by atoms with van der Waals surface area (Å²) in [5, 5.41) is 0. The molecule has 0 aliphatic carbocycles. The Labute approximate surface area is 143 Å². The Kier molecular flexibility index (Phi) is 5.71. The third-order valence-corrected chi connectivity index (χ3v) is 4.96. The molecular formula is C18H27N3O3. The van der Waals surface area contributed by atoms with Gasteiger partial charge in [-0.1, -0.05) is 12.1 Å². The smallest absolute Gasteiger partial charge is 0.236 e. The van der Waals surface area contributed by atoms with E-state index in [1.54, 1.807) is 7.11 Å². The Morgan fingerprint density at radius 1 is 1.17 bits per heavy atom. The quantitative estimate of drug-likeness (QED) is 0.817. The number of nitrogens with zero attached hydrogens (tertiary/aromatic N) is 3. The van der Waals surface area contributed by atoms with Crippen molar-refractivity contribution in [1.82, 2.24) is 14.7 Å². The molecule has 2 fully saturated rings. The predicted octanol–water partition coefficient (Wildman–Crippen LogP) is 0.843. The van der Waals surface area contributed by atoms with E-state index in [-0.39, 0.29) is 11.9 Å². The number of likely N-dealkylation sites (N-methyl/N-ethyl adjacent to an activating group) is 1. The summed E-state index contributed by atoms with van der Waals surface area (Å²) in [6, 6.07) is 8.39. The molecule has 1 atom stereocenters. The van der Waals surface area contributed by atoms with Crippen LogP contribution >= 0.6 is 0 Å². The third-order valence-electron chi connectivity index (χ3n) is 4.96. The van der Waals surface area contributed by atoms with Gasteiger partial charge in [0, 0.05) is 32.7 Å². The molecule has 0 unspecified atom stereocenters. The van der Waals surface area contributed by atoms with Crippen LogP contribution in [0, 0.1) is 0 Å². The van der Waals surface area contributed by atoms with E-state index in [0.29, 0.717) is 6.54 Å². The number of piperazine rings is 1. The highest BCUT2D eigenvalue weighted by Crippen LogP contribution is 2.25. The molecule has 1 aromatic rings. The molecule has 0 radical (unpaired) electrons. The Balaban J connectivity index is 1.62. The summed E-state index contributed by atoms with van der Waals surface area (Å²) < 4.78 is 10.6. The number of carbonyl (C=O) groups excluding carboxylic acids is 1. The molecule has 2 heterocycles. The van der Waals surface area contributed by atoms with E-state index in [0.717, 1.165) is 51.7 Å². The topological polar surface area (TPSA) is 45.3 Å². The lowest BCUT2D eigenvalue weighted by Gasteiger charge is -2.40. The van der Waals surface area contributed by atoms with Crippen molar-refractivity contribution in [3.63, 3.8) is 0 Å². The minimum Gasteiger partial charge on any atom is -0.497 e. The zero-order valence-electron chi connectivity index (χ0n) is 14.6. The normalized spacial score (nSPS) is 23.2. The SMILES string of the molecule is COc1ccc([C@@H]2CN(C(=O)CN3CCOCC3)CCN2C)cc1. The van der Waals surface area contributed by atoms with E-state index in [4.69, 9.17) is 9.47 Å². The fourth-order valence-electron chi connectivity index (χ4n) is 3.34.